The molecule has 6 nitrogen and oxygen atoms in total. The number of rotatable bonds is 1. The predicted molar refractivity (Wildman–Crippen MR) is 37.1 cm³/mol. The van der Waals surface area contributed by atoms with Gasteiger partial charge < -0.3 is 4.57 Å². The number of nitrogens with two attached hydrogens (primary N) is 1. The monoisotopic (exact) mass is 176 g/mol. The van der Waals surface area contributed by atoms with Gasteiger partial charge in [-0.05, 0) is 6.92 Å². The van der Waals surface area contributed by atoms with Crippen molar-refractivity contribution in [2.45, 2.75) is 12.1 Å². The van der Waals surface area contributed by atoms with E-state index in [1.807, 2.05) is 0 Å². The number of nitrogens with zero attached hydrogens (tertiary/aromatic N) is 3. The maximum Gasteiger partial charge on any atom is 0.273 e. The van der Waals surface area contributed by atoms with Crippen molar-refractivity contribution >= 4 is 10.0 Å². The topological polar surface area (TPSA) is 90.9 Å². The van der Waals surface area contributed by atoms with E-state index in [1.54, 1.807) is 6.92 Å². The molecule has 11 heavy (non-hydrogen) atoms. The molecule has 0 spiro atoms. The van der Waals surface area contributed by atoms with Gasteiger partial charge in [-0.3, -0.25) is 0 Å². The Kier molecular flexibility index (Phi) is 1.69. The summed E-state index contributed by atoms with van der Waals surface area (Å²) in [6.45, 7) is 1.64. The highest BCUT2D eigenvalue weighted by Gasteiger charge is 2.15. The molecule has 0 aliphatic carbocycles. The minimum atomic E-state index is -3.72. The summed E-state index contributed by atoms with van der Waals surface area (Å²) in [5.41, 5.74) is 0. The highest BCUT2D eigenvalue weighted by atomic mass is 32.2. The lowest BCUT2D eigenvalue weighted by Crippen LogP contribution is -2.17. The maximum absolute atomic E-state index is 10.7. The first-order chi connectivity index (χ1) is 4.93. The van der Waals surface area contributed by atoms with Crippen LogP contribution in [0.1, 0.15) is 5.82 Å². The third-order valence-corrected chi connectivity index (χ3v) is 2.17. The van der Waals surface area contributed by atoms with E-state index >= 15 is 0 Å². The van der Waals surface area contributed by atoms with Gasteiger partial charge in [-0.25, -0.2) is 13.6 Å². The van der Waals surface area contributed by atoms with E-state index in [9.17, 15) is 8.42 Å². The van der Waals surface area contributed by atoms with Crippen LogP contribution in [-0.4, -0.2) is 23.2 Å². The van der Waals surface area contributed by atoms with E-state index < -0.39 is 10.0 Å². The van der Waals surface area contributed by atoms with Gasteiger partial charge in [-0.2, -0.15) is 0 Å². The first kappa shape index (κ1) is 8.15. The van der Waals surface area contributed by atoms with Crippen molar-refractivity contribution in [3.63, 3.8) is 0 Å². The Morgan fingerprint density at radius 3 is 2.18 bits per heavy atom. The Hall–Kier alpha value is -0.950. The molecule has 0 unspecified atom stereocenters. The molecule has 0 aliphatic heterocycles. The molecular weight excluding hydrogens is 168 g/mol. The van der Waals surface area contributed by atoms with Crippen LogP contribution in [-0.2, 0) is 17.1 Å². The van der Waals surface area contributed by atoms with Crippen LogP contribution in [0.25, 0.3) is 0 Å². The molecular formula is C4H8N4O2S. The second kappa shape index (κ2) is 2.28. The summed E-state index contributed by atoms with van der Waals surface area (Å²) < 4.78 is 22.8. The van der Waals surface area contributed by atoms with Crippen LogP contribution in [0, 0.1) is 6.92 Å². The number of sulfonamides is 1. The van der Waals surface area contributed by atoms with Crippen molar-refractivity contribution in [1.29, 1.82) is 0 Å². The Labute approximate surface area is 64.1 Å². The van der Waals surface area contributed by atoms with Crippen molar-refractivity contribution in [1.82, 2.24) is 14.8 Å². The van der Waals surface area contributed by atoms with Gasteiger partial charge in [0.1, 0.15) is 5.82 Å². The molecule has 1 aromatic heterocycles. The fourth-order valence-corrected chi connectivity index (χ4v) is 1.30. The van der Waals surface area contributed by atoms with Crippen molar-refractivity contribution in [3.8, 4) is 0 Å². The number of aryl methyl sites for hydroxylation is 1. The van der Waals surface area contributed by atoms with E-state index in [0.717, 1.165) is 0 Å². The van der Waals surface area contributed by atoms with Gasteiger partial charge in [0.05, 0.1) is 0 Å². The average Bonchev–Trinajstić information content (AvgIpc) is 2.11. The standard InChI is InChI=1S/C4H8N4O2S/c1-3-6-7-4(8(3)2)11(5,9)10/h1-2H3,(H2,5,9,10). The van der Waals surface area contributed by atoms with Crippen LogP contribution in [0.5, 0.6) is 0 Å². The third-order valence-electron chi connectivity index (χ3n) is 1.31. The van der Waals surface area contributed by atoms with Gasteiger partial charge in [0.25, 0.3) is 15.2 Å². The van der Waals surface area contributed by atoms with Crippen LogP contribution in [0.15, 0.2) is 5.16 Å². The lowest BCUT2D eigenvalue weighted by molar-refractivity contribution is 0.579. The molecule has 0 aromatic carbocycles. The fraction of sp³-hybridized carbons (Fsp3) is 0.500. The molecule has 0 bridgehead atoms. The van der Waals surface area contributed by atoms with Crippen molar-refractivity contribution in [2.75, 3.05) is 0 Å². The van der Waals surface area contributed by atoms with Crippen LogP contribution in [0.4, 0.5) is 0 Å². The Morgan fingerprint density at radius 1 is 1.45 bits per heavy atom. The van der Waals surface area contributed by atoms with Gasteiger partial charge in [-0.15, -0.1) is 10.2 Å². The van der Waals surface area contributed by atoms with Gasteiger partial charge >= 0.3 is 0 Å². The van der Waals surface area contributed by atoms with Gasteiger partial charge in [0.15, 0.2) is 0 Å². The second-order valence-corrected chi connectivity index (χ2v) is 3.59. The fourth-order valence-electron chi connectivity index (χ4n) is 0.635. The first-order valence-corrected chi connectivity index (χ1v) is 4.36. The lowest BCUT2D eigenvalue weighted by atomic mass is 10.7. The van der Waals surface area contributed by atoms with Gasteiger partial charge in [-0.1, -0.05) is 0 Å². The molecule has 62 valence electrons. The first-order valence-electron chi connectivity index (χ1n) is 2.81. The molecule has 0 atom stereocenters. The number of primary sulfonamides is 1. The summed E-state index contributed by atoms with van der Waals surface area (Å²) in [7, 11) is -2.19. The Morgan fingerprint density at radius 2 is 2.00 bits per heavy atom. The molecule has 0 amide bonds. The van der Waals surface area contributed by atoms with Crippen LogP contribution < -0.4 is 5.14 Å². The third kappa shape index (κ3) is 1.38. The molecule has 7 heteroatoms. The van der Waals surface area contributed by atoms with Crippen molar-refractivity contribution in [3.05, 3.63) is 5.82 Å². The summed E-state index contributed by atoms with van der Waals surface area (Å²) in [6, 6.07) is 0. The molecule has 0 aliphatic rings. The van der Waals surface area contributed by atoms with Crippen molar-refractivity contribution < 1.29 is 8.42 Å². The second-order valence-electron chi connectivity index (χ2n) is 2.13. The predicted octanol–water partition coefficient (Wildman–Crippen LogP) is -1.23. The molecule has 2 N–H and O–H groups in total. The maximum atomic E-state index is 10.7. The zero-order chi connectivity index (χ0) is 8.65. The van der Waals surface area contributed by atoms with Crippen LogP contribution in [0.2, 0.25) is 0 Å². The molecule has 1 rings (SSSR count). The zero-order valence-electron chi connectivity index (χ0n) is 6.14. The molecule has 0 radical (unpaired) electrons. The average molecular weight is 176 g/mol. The van der Waals surface area contributed by atoms with E-state index in [-0.39, 0.29) is 5.16 Å². The normalized spacial score (nSPS) is 11.9. The quantitative estimate of drug-likeness (QED) is 0.580. The molecule has 0 saturated heterocycles. The van der Waals surface area contributed by atoms with Gasteiger partial charge in [0.2, 0.25) is 0 Å². The number of hydrogen-bond acceptors (Lipinski definition) is 4. The minimum Gasteiger partial charge on any atom is -0.304 e. The Bertz CT molecular complexity index is 365. The lowest BCUT2D eigenvalue weighted by Gasteiger charge is -1.96. The highest BCUT2D eigenvalue weighted by Crippen LogP contribution is 2.01. The summed E-state index contributed by atoms with van der Waals surface area (Å²) in [6.07, 6.45) is 0. The van der Waals surface area contributed by atoms with E-state index in [1.165, 1.54) is 11.6 Å². The SMILES string of the molecule is Cc1nnc(S(N)(=O)=O)n1C. The molecule has 1 heterocycles. The van der Waals surface area contributed by atoms with E-state index in [4.69, 9.17) is 5.14 Å². The summed E-state index contributed by atoms with van der Waals surface area (Å²) >= 11 is 0. The van der Waals surface area contributed by atoms with E-state index in [0.29, 0.717) is 5.82 Å². The van der Waals surface area contributed by atoms with E-state index in [2.05, 4.69) is 10.2 Å². The van der Waals surface area contributed by atoms with Gasteiger partial charge in [0, 0.05) is 7.05 Å². The largest absolute Gasteiger partial charge is 0.304 e. The molecule has 0 fully saturated rings. The summed E-state index contributed by atoms with van der Waals surface area (Å²) in [4.78, 5) is 0. The molecule has 1 aromatic rings. The van der Waals surface area contributed by atoms with Crippen LogP contribution in [0.3, 0.4) is 0 Å². The Balaban J connectivity index is 3.38. The smallest absolute Gasteiger partial charge is 0.273 e. The molecule has 0 saturated carbocycles. The zero-order valence-corrected chi connectivity index (χ0v) is 6.96. The summed E-state index contributed by atoms with van der Waals surface area (Å²) in [5, 5.41) is 11.5. The summed E-state index contributed by atoms with van der Waals surface area (Å²) in [5.74, 6) is 0.508. The minimum absolute atomic E-state index is 0.213. The number of hydrogen-bond donors (Lipinski definition) is 1. The number of aromatic nitrogens is 3. The van der Waals surface area contributed by atoms with Crippen molar-refractivity contribution in [2.24, 2.45) is 12.2 Å². The highest BCUT2D eigenvalue weighted by molar-refractivity contribution is 7.89. The van der Waals surface area contributed by atoms with Crippen LogP contribution >= 0.6 is 0 Å².